The van der Waals surface area contributed by atoms with Gasteiger partial charge < -0.3 is 14.5 Å². The third-order valence-corrected chi connectivity index (χ3v) is 5.18. The van der Waals surface area contributed by atoms with Gasteiger partial charge in [0.25, 0.3) is 0 Å². The predicted molar refractivity (Wildman–Crippen MR) is 106 cm³/mol. The summed E-state index contributed by atoms with van der Waals surface area (Å²) in [7, 11) is 0. The normalized spacial score (nSPS) is 15.6. The van der Waals surface area contributed by atoms with Crippen LogP contribution in [0.15, 0.2) is 41.0 Å². The molecule has 0 radical (unpaired) electrons. The minimum atomic E-state index is 0.0107. The van der Waals surface area contributed by atoms with Crippen LogP contribution in [0, 0.1) is 0 Å². The molecule has 1 aliphatic heterocycles. The number of likely N-dealkylation sites (tertiary alicyclic amines) is 1. The zero-order chi connectivity index (χ0) is 19.1. The molecule has 1 amide bonds. The van der Waals surface area contributed by atoms with Gasteiger partial charge in [0.2, 0.25) is 5.91 Å². The quantitative estimate of drug-likeness (QED) is 0.608. The summed E-state index contributed by atoms with van der Waals surface area (Å²) in [5, 5.41) is 4.06. The van der Waals surface area contributed by atoms with Crippen LogP contribution in [0.2, 0.25) is 10.0 Å². The number of nitrogens with zero attached hydrogens (tertiary/aromatic N) is 1. The number of amides is 1. The van der Waals surface area contributed by atoms with Crippen molar-refractivity contribution in [2.45, 2.75) is 31.7 Å². The molecule has 146 valence electrons. The van der Waals surface area contributed by atoms with Crippen LogP contribution in [-0.4, -0.2) is 37.0 Å². The van der Waals surface area contributed by atoms with Gasteiger partial charge in [-0.3, -0.25) is 9.69 Å². The summed E-state index contributed by atoms with van der Waals surface area (Å²) in [6, 6.07) is 9.05. The van der Waals surface area contributed by atoms with E-state index < -0.39 is 0 Å². The molecular weight excluding hydrogens is 387 g/mol. The first kappa shape index (κ1) is 20.1. The zero-order valence-corrected chi connectivity index (χ0v) is 16.6. The van der Waals surface area contributed by atoms with E-state index in [0.717, 1.165) is 18.8 Å². The van der Waals surface area contributed by atoms with Crippen molar-refractivity contribution >= 4 is 29.1 Å². The van der Waals surface area contributed by atoms with E-state index in [9.17, 15) is 4.79 Å². The zero-order valence-electron chi connectivity index (χ0n) is 15.1. The summed E-state index contributed by atoms with van der Waals surface area (Å²) in [6.07, 6.45) is 5.07. The average Bonchev–Trinajstić information content (AvgIpc) is 3.35. The van der Waals surface area contributed by atoms with E-state index >= 15 is 0 Å². The Hall–Kier alpha value is -1.69. The molecule has 1 aromatic heterocycles. The smallest absolute Gasteiger partial charge is 0.220 e. The van der Waals surface area contributed by atoms with Crippen molar-refractivity contribution in [2.24, 2.45) is 0 Å². The second-order valence-corrected chi connectivity index (χ2v) is 7.45. The fraction of sp³-hybridized carbons (Fsp3) is 0.450. The highest BCUT2D eigenvalue weighted by molar-refractivity contribution is 6.35. The van der Waals surface area contributed by atoms with Crippen LogP contribution in [0.3, 0.4) is 0 Å². The van der Waals surface area contributed by atoms with Crippen molar-refractivity contribution in [1.29, 1.82) is 0 Å². The third-order valence-electron chi connectivity index (χ3n) is 4.65. The number of carbonyl (C=O) groups is 1. The van der Waals surface area contributed by atoms with Crippen molar-refractivity contribution in [1.82, 2.24) is 10.2 Å². The number of ether oxygens (including phenoxy) is 1. The number of hydrogen-bond acceptors (Lipinski definition) is 4. The lowest BCUT2D eigenvalue weighted by molar-refractivity contribution is -0.121. The SMILES string of the molecule is O=C(CCCOc1ccc(Cl)cc1Cl)NCC(c1ccco1)N1CCCC1. The van der Waals surface area contributed by atoms with Gasteiger partial charge in [-0.05, 0) is 62.7 Å². The Balaban J connectivity index is 1.40. The van der Waals surface area contributed by atoms with E-state index in [1.54, 1.807) is 24.5 Å². The molecule has 1 aromatic carbocycles. The molecule has 2 heterocycles. The Labute approximate surface area is 169 Å². The van der Waals surface area contributed by atoms with Crippen molar-refractivity contribution in [3.8, 4) is 5.75 Å². The molecule has 5 nitrogen and oxygen atoms in total. The monoisotopic (exact) mass is 410 g/mol. The highest BCUT2D eigenvalue weighted by Gasteiger charge is 2.25. The highest BCUT2D eigenvalue weighted by Crippen LogP contribution is 2.27. The number of nitrogens with one attached hydrogen (secondary N) is 1. The minimum Gasteiger partial charge on any atom is -0.492 e. The van der Waals surface area contributed by atoms with Gasteiger partial charge >= 0.3 is 0 Å². The van der Waals surface area contributed by atoms with Crippen LogP contribution in [0.25, 0.3) is 0 Å². The van der Waals surface area contributed by atoms with Crippen LogP contribution in [0.4, 0.5) is 0 Å². The largest absolute Gasteiger partial charge is 0.492 e. The summed E-state index contributed by atoms with van der Waals surface area (Å²) in [5.41, 5.74) is 0. The summed E-state index contributed by atoms with van der Waals surface area (Å²) in [5.74, 6) is 1.49. The molecule has 1 atom stereocenters. The maximum Gasteiger partial charge on any atom is 0.220 e. The van der Waals surface area contributed by atoms with Crippen LogP contribution in [0.1, 0.15) is 37.5 Å². The molecule has 0 aliphatic carbocycles. The van der Waals surface area contributed by atoms with E-state index in [0.29, 0.717) is 41.8 Å². The van der Waals surface area contributed by atoms with Crippen LogP contribution >= 0.6 is 23.2 Å². The highest BCUT2D eigenvalue weighted by atomic mass is 35.5. The minimum absolute atomic E-state index is 0.0107. The van der Waals surface area contributed by atoms with Gasteiger partial charge in [0.15, 0.2) is 0 Å². The van der Waals surface area contributed by atoms with Gasteiger partial charge in [-0.2, -0.15) is 0 Å². The number of carbonyl (C=O) groups excluding carboxylic acids is 1. The van der Waals surface area contributed by atoms with Gasteiger partial charge in [-0.25, -0.2) is 0 Å². The van der Waals surface area contributed by atoms with Crippen LogP contribution in [-0.2, 0) is 4.79 Å². The predicted octanol–water partition coefficient (Wildman–Crippen LogP) is 4.70. The van der Waals surface area contributed by atoms with Crippen molar-refractivity contribution in [2.75, 3.05) is 26.2 Å². The van der Waals surface area contributed by atoms with Gasteiger partial charge in [0.1, 0.15) is 11.5 Å². The molecule has 1 aliphatic rings. The molecule has 1 fully saturated rings. The number of rotatable bonds is 9. The molecular formula is C20H24Cl2N2O3. The topological polar surface area (TPSA) is 54.7 Å². The molecule has 1 unspecified atom stereocenters. The number of hydrogen-bond donors (Lipinski definition) is 1. The van der Waals surface area contributed by atoms with Gasteiger partial charge in [-0.15, -0.1) is 0 Å². The Bertz CT molecular complexity index is 731. The van der Waals surface area contributed by atoms with E-state index in [1.165, 1.54) is 12.8 Å². The first-order chi connectivity index (χ1) is 13.1. The fourth-order valence-corrected chi connectivity index (χ4v) is 3.71. The molecule has 0 saturated carbocycles. The maximum absolute atomic E-state index is 12.2. The number of halogens is 2. The summed E-state index contributed by atoms with van der Waals surface area (Å²) >= 11 is 11.9. The molecule has 27 heavy (non-hydrogen) atoms. The summed E-state index contributed by atoms with van der Waals surface area (Å²) < 4.78 is 11.2. The maximum atomic E-state index is 12.2. The lowest BCUT2D eigenvalue weighted by Crippen LogP contribution is -2.36. The molecule has 7 heteroatoms. The summed E-state index contributed by atoms with van der Waals surface area (Å²) in [6.45, 7) is 3.05. The van der Waals surface area contributed by atoms with E-state index in [2.05, 4.69) is 10.2 Å². The summed E-state index contributed by atoms with van der Waals surface area (Å²) in [4.78, 5) is 14.6. The Morgan fingerprint density at radius 2 is 2.07 bits per heavy atom. The fourth-order valence-electron chi connectivity index (χ4n) is 3.25. The Morgan fingerprint density at radius 1 is 1.26 bits per heavy atom. The average molecular weight is 411 g/mol. The third kappa shape index (κ3) is 5.89. The van der Waals surface area contributed by atoms with E-state index in [4.69, 9.17) is 32.4 Å². The molecule has 1 saturated heterocycles. The standard InChI is InChI=1S/C20H24Cl2N2O3/c21-15-7-8-18(16(22)13-15)26-12-4-6-20(25)23-14-17(19-5-3-11-27-19)24-9-1-2-10-24/h3,5,7-8,11,13,17H,1-2,4,6,9-10,12,14H2,(H,23,25). The van der Waals surface area contributed by atoms with Crippen molar-refractivity contribution in [3.05, 3.63) is 52.4 Å². The Kier molecular flexibility index (Phi) is 7.44. The Morgan fingerprint density at radius 3 is 2.78 bits per heavy atom. The van der Waals surface area contributed by atoms with Gasteiger partial charge in [-0.1, -0.05) is 23.2 Å². The van der Waals surface area contributed by atoms with Gasteiger partial charge in [0, 0.05) is 18.0 Å². The first-order valence-corrected chi connectivity index (χ1v) is 10.0. The lowest BCUT2D eigenvalue weighted by Gasteiger charge is -2.26. The van der Waals surface area contributed by atoms with E-state index in [1.807, 2.05) is 12.1 Å². The van der Waals surface area contributed by atoms with Gasteiger partial charge in [0.05, 0.1) is 23.9 Å². The number of furan rings is 1. The lowest BCUT2D eigenvalue weighted by atomic mass is 10.2. The second-order valence-electron chi connectivity index (χ2n) is 6.61. The molecule has 0 spiro atoms. The first-order valence-electron chi connectivity index (χ1n) is 9.25. The number of benzene rings is 1. The van der Waals surface area contributed by atoms with Crippen LogP contribution < -0.4 is 10.1 Å². The molecule has 2 aromatic rings. The van der Waals surface area contributed by atoms with Crippen LogP contribution in [0.5, 0.6) is 5.75 Å². The second kappa shape index (κ2) is 10.0. The van der Waals surface area contributed by atoms with Crippen molar-refractivity contribution < 1.29 is 13.9 Å². The van der Waals surface area contributed by atoms with E-state index in [-0.39, 0.29) is 11.9 Å². The van der Waals surface area contributed by atoms with Crippen molar-refractivity contribution in [3.63, 3.8) is 0 Å². The molecule has 0 bridgehead atoms. The molecule has 1 N–H and O–H groups in total. The molecule has 3 rings (SSSR count).